The molecule has 0 radical (unpaired) electrons. The molecule has 162 valence electrons. The first-order chi connectivity index (χ1) is 15.0. The minimum atomic E-state index is -0.263. The molecule has 0 aromatic heterocycles. The Morgan fingerprint density at radius 3 is 2.45 bits per heavy atom. The fraction of sp³-hybridized carbons (Fsp3) is 0.280. The molecular weight excluding hydrogens is 410 g/mol. The number of likely N-dealkylation sites (N-methyl/N-ethyl adjacent to an activating group) is 1. The first kappa shape index (κ1) is 22.7. The first-order valence-electron chi connectivity index (χ1n) is 10.3. The second-order valence-corrected chi connectivity index (χ2v) is 8.13. The van der Waals surface area contributed by atoms with E-state index in [2.05, 4.69) is 18.7 Å². The highest BCUT2D eigenvalue weighted by atomic mass is 32.2. The lowest BCUT2D eigenvalue weighted by atomic mass is 10.0. The molecule has 0 spiro atoms. The molecule has 1 saturated heterocycles. The molecule has 1 aliphatic heterocycles. The summed E-state index contributed by atoms with van der Waals surface area (Å²) in [5.41, 5.74) is 3.96. The van der Waals surface area contributed by atoms with Gasteiger partial charge in [-0.1, -0.05) is 35.9 Å². The van der Waals surface area contributed by atoms with Gasteiger partial charge in [-0.05, 0) is 68.3 Å². The predicted octanol–water partition coefficient (Wildman–Crippen LogP) is 5.76. The average Bonchev–Trinajstić information content (AvgIpc) is 3.01. The Hall–Kier alpha value is -2.99. The second-order valence-electron chi connectivity index (χ2n) is 7.13. The number of hydrogen-bond acceptors (Lipinski definition) is 5. The molecule has 0 bridgehead atoms. The van der Waals surface area contributed by atoms with Gasteiger partial charge in [0.25, 0.3) is 11.1 Å². The molecule has 0 saturated carbocycles. The summed E-state index contributed by atoms with van der Waals surface area (Å²) in [7, 11) is 0. The lowest BCUT2D eigenvalue weighted by Gasteiger charge is -2.17. The molecule has 6 heteroatoms. The standard InChI is InChI=1S/C25H27NO4S/c1-5-8-20-13-19(15-22-24(27)26(6-2)25(28)31-22)14-21(29-7-3)23(20)30-16-18-11-9-17(4)10-12-18/h5,9-15H,1,6-8,16H2,2-4H3/b22-15+. The van der Waals surface area contributed by atoms with Crippen molar-refractivity contribution >= 4 is 29.0 Å². The molecule has 1 fully saturated rings. The smallest absolute Gasteiger partial charge is 0.293 e. The Morgan fingerprint density at radius 1 is 1.10 bits per heavy atom. The Kier molecular flexibility index (Phi) is 7.58. The van der Waals surface area contributed by atoms with Crippen LogP contribution in [0.5, 0.6) is 11.5 Å². The van der Waals surface area contributed by atoms with Crippen molar-refractivity contribution in [2.75, 3.05) is 13.2 Å². The molecule has 2 aromatic rings. The highest BCUT2D eigenvalue weighted by molar-refractivity contribution is 8.18. The Labute approximate surface area is 187 Å². The molecule has 5 nitrogen and oxygen atoms in total. The molecule has 31 heavy (non-hydrogen) atoms. The number of ether oxygens (including phenoxy) is 2. The maximum absolute atomic E-state index is 12.5. The van der Waals surface area contributed by atoms with E-state index < -0.39 is 0 Å². The van der Waals surface area contributed by atoms with Crippen LogP contribution in [-0.2, 0) is 17.8 Å². The van der Waals surface area contributed by atoms with Crippen molar-refractivity contribution < 1.29 is 19.1 Å². The van der Waals surface area contributed by atoms with Gasteiger partial charge in [-0.25, -0.2) is 0 Å². The van der Waals surface area contributed by atoms with Crippen molar-refractivity contribution in [3.8, 4) is 11.5 Å². The SMILES string of the molecule is C=CCc1cc(/C=C2/SC(=O)N(CC)C2=O)cc(OCC)c1OCc1ccc(C)cc1. The molecule has 3 rings (SSSR count). The number of imide groups is 1. The number of carbonyl (C=O) groups is 2. The van der Waals surface area contributed by atoms with Gasteiger partial charge in [0.05, 0.1) is 11.5 Å². The number of hydrogen-bond donors (Lipinski definition) is 0. The summed E-state index contributed by atoms with van der Waals surface area (Å²) in [6, 6.07) is 12.0. The van der Waals surface area contributed by atoms with Gasteiger partial charge in [0.15, 0.2) is 11.5 Å². The highest BCUT2D eigenvalue weighted by Gasteiger charge is 2.33. The van der Waals surface area contributed by atoms with Crippen LogP contribution in [-0.4, -0.2) is 29.2 Å². The van der Waals surface area contributed by atoms with Gasteiger partial charge in [0.1, 0.15) is 6.61 Å². The van der Waals surface area contributed by atoms with E-state index in [1.807, 2.05) is 38.1 Å². The van der Waals surface area contributed by atoms with Crippen LogP contribution in [0.4, 0.5) is 4.79 Å². The number of rotatable bonds is 9. The van der Waals surface area contributed by atoms with Crippen LogP contribution in [0, 0.1) is 6.92 Å². The van der Waals surface area contributed by atoms with E-state index >= 15 is 0 Å². The summed E-state index contributed by atoms with van der Waals surface area (Å²) in [5.74, 6) is 1.01. The van der Waals surface area contributed by atoms with E-state index in [9.17, 15) is 9.59 Å². The van der Waals surface area contributed by atoms with E-state index in [4.69, 9.17) is 9.47 Å². The highest BCUT2D eigenvalue weighted by Crippen LogP contribution is 2.37. The van der Waals surface area contributed by atoms with Crippen LogP contribution in [0.2, 0.25) is 0 Å². The number of aryl methyl sites for hydroxylation is 1. The molecule has 0 aliphatic carbocycles. The topological polar surface area (TPSA) is 55.8 Å². The zero-order chi connectivity index (χ0) is 22.4. The zero-order valence-electron chi connectivity index (χ0n) is 18.1. The second kappa shape index (κ2) is 10.4. The monoisotopic (exact) mass is 437 g/mol. The van der Waals surface area contributed by atoms with Crippen molar-refractivity contribution in [3.63, 3.8) is 0 Å². The normalized spacial score (nSPS) is 14.9. The fourth-order valence-corrected chi connectivity index (χ4v) is 4.17. The summed E-state index contributed by atoms with van der Waals surface area (Å²) in [6.07, 6.45) is 4.12. The molecule has 0 unspecified atom stereocenters. The summed E-state index contributed by atoms with van der Waals surface area (Å²) < 4.78 is 12.0. The maximum atomic E-state index is 12.5. The number of benzene rings is 2. The van der Waals surface area contributed by atoms with Crippen molar-refractivity contribution in [1.29, 1.82) is 0 Å². The number of carbonyl (C=O) groups excluding carboxylic acids is 2. The Bertz CT molecular complexity index is 1010. The third-order valence-corrected chi connectivity index (χ3v) is 5.72. The Balaban J connectivity index is 1.95. The number of allylic oxidation sites excluding steroid dienone is 1. The van der Waals surface area contributed by atoms with Gasteiger partial charge in [-0.2, -0.15) is 0 Å². The van der Waals surface area contributed by atoms with Crippen molar-refractivity contribution in [2.24, 2.45) is 0 Å². The summed E-state index contributed by atoms with van der Waals surface area (Å²) in [6.45, 7) is 10.9. The number of nitrogens with zero attached hydrogens (tertiary/aromatic N) is 1. The minimum absolute atomic E-state index is 0.242. The first-order valence-corrected chi connectivity index (χ1v) is 11.1. The number of thioether (sulfide) groups is 1. The van der Waals surface area contributed by atoms with Crippen molar-refractivity contribution in [3.05, 3.63) is 76.2 Å². The summed E-state index contributed by atoms with van der Waals surface area (Å²) >= 11 is 0.959. The van der Waals surface area contributed by atoms with E-state index in [1.54, 1.807) is 19.1 Å². The van der Waals surface area contributed by atoms with E-state index in [1.165, 1.54) is 10.5 Å². The number of amides is 2. The summed E-state index contributed by atoms with van der Waals surface area (Å²) in [5, 5.41) is -0.242. The van der Waals surface area contributed by atoms with Gasteiger partial charge >= 0.3 is 0 Å². The molecule has 0 atom stereocenters. The van der Waals surface area contributed by atoms with Gasteiger partial charge in [0, 0.05) is 12.1 Å². The van der Waals surface area contributed by atoms with Gasteiger partial charge < -0.3 is 9.47 Å². The Morgan fingerprint density at radius 2 is 1.84 bits per heavy atom. The van der Waals surface area contributed by atoms with Crippen LogP contribution in [0.1, 0.15) is 36.1 Å². The van der Waals surface area contributed by atoms with Crippen LogP contribution in [0.3, 0.4) is 0 Å². The molecular formula is C25H27NO4S. The average molecular weight is 438 g/mol. The van der Waals surface area contributed by atoms with Gasteiger partial charge in [-0.15, -0.1) is 6.58 Å². The van der Waals surface area contributed by atoms with E-state index in [0.29, 0.717) is 42.6 Å². The molecule has 2 amide bonds. The lowest BCUT2D eigenvalue weighted by molar-refractivity contribution is -0.122. The van der Waals surface area contributed by atoms with E-state index in [-0.39, 0.29) is 11.1 Å². The fourth-order valence-electron chi connectivity index (χ4n) is 3.26. The van der Waals surface area contributed by atoms with Gasteiger partial charge in [-0.3, -0.25) is 14.5 Å². The molecule has 1 heterocycles. The zero-order valence-corrected chi connectivity index (χ0v) is 19.0. The molecule has 1 aliphatic rings. The van der Waals surface area contributed by atoms with Crippen molar-refractivity contribution in [2.45, 2.75) is 33.8 Å². The maximum Gasteiger partial charge on any atom is 0.293 e. The van der Waals surface area contributed by atoms with Crippen LogP contribution < -0.4 is 9.47 Å². The van der Waals surface area contributed by atoms with Crippen LogP contribution in [0.15, 0.2) is 54.0 Å². The minimum Gasteiger partial charge on any atom is -0.490 e. The third-order valence-electron chi connectivity index (χ3n) is 4.81. The third kappa shape index (κ3) is 5.39. The van der Waals surface area contributed by atoms with Gasteiger partial charge in [0.2, 0.25) is 0 Å². The largest absolute Gasteiger partial charge is 0.490 e. The van der Waals surface area contributed by atoms with Crippen molar-refractivity contribution in [1.82, 2.24) is 4.90 Å². The summed E-state index contributed by atoms with van der Waals surface area (Å²) in [4.78, 5) is 26.1. The predicted molar refractivity (Wildman–Crippen MR) is 125 cm³/mol. The quantitative estimate of drug-likeness (QED) is 0.369. The van der Waals surface area contributed by atoms with Crippen LogP contribution >= 0.6 is 11.8 Å². The van der Waals surface area contributed by atoms with Crippen LogP contribution in [0.25, 0.3) is 6.08 Å². The lowest BCUT2D eigenvalue weighted by Crippen LogP contribution is -2.27. The molecule has 0 N–H and O–H groups in total. The molecule has 2 aromatic carbocycles. The van der Waals surface area contributed by atoms with E-state index in [0.717, 1.165) is 28.5 Å².